The summed E-state index contributed by atoms with van der Waals surface area (Å²) in [6.45, 7) is 5.53. The summed E-state index contributed by atoms with van der Waals surface area (Å²) in [6.07, 6.45) is 0. The highest BCUT2D eigenvalue weighted by Crippen LogP contribution is 2.24. The van der Waals surface area contributed by atoms with E-state index in [1.54, 1.807) is 35.9 Å². The molecule has 7 heteroatoms. The first-order chi connectivity index (χ1) is 11.9. The summed E-state index contributed by atoms with van der Waals surface area (Å²) in [5.41, 5.74) is 4.87. The van der Waals surface area contributed by atoms with Gasteiger partial charge in [-0.25, -0.2) is 9.97 Å². The number of hydrogen-bond acceptors (Lipinski definition) is 5. The Labute approximate surface area is 143 Å². The van der Waals surface area contributed by atoms with Crippen LogP contribution in [-0.4, -0.2) is 25.7 Å². The highest BCUT2D eigenvalue weighted by Gasteiger charge is 2.18. The average Bonchev–Trinajstić information content (AvgIpc) is 3.05. The SMILES string of the molecule is Cc1cc(C(=O)Nc2ccc3oc(C)nc3c2)c2c(C)nn(C)c2n1. The lowest BCUT2D eigenvalue weighted by atomic mass is 10.1. The normalized spacial score (nSPS) is 11.4. The largest absolute Gasteiger partial charge is 0.441 e. The van der Waals surface area contributed by atoms with Crippen LogP contribution in [0.4, 0.5) is 5.69 Å². The van der Waals surface area contributed by atoms with E-state index in [0.29, 0.717) is 33.9 Å². The molecule has 0 saturated carbocycles. The summed E-state index contributed by atoms with van der Waals surface area (Å²) in [4.78, 5) is 21.6. The van der Waals surface area contributed by atoms with Crippen molar-refractivity contribution in [3.63, 3.8) is 0 Å². The van der Waals surface area contributed by atoms with Crippen molar-refractivity contribution in [2.75, 3.05) is 5.32 Å². The Balaban J connectivity index is 1.76. The zero-order valence-corrected chi connectivity index (χ0v) is 14.4. The van der Waals surface area contributed by atoms with Gasteiger partial charge >= 0.3 is 0 Å². The van der Waals surface area contributed by atoms with Gasteiger partial charge in [-0.3, -0.25) is 9.48 Å². The Morgan fingerprint density at radius 3 is 2.76 bits per heavy atom. The fraction of sp³-hybridized carbons (Fsp3) is 0.222. The number of amides is 1. The van der Waals surface area contributed by atoms with Gasteiger partial charge in [0.05, 0.1) is 16.6 Å². The number of nitrogens with one attached hydrogen (secondary N) is 1. The Kier molecular flexibility index (Phi) is 3.31. The quantitative estimate of drug-likeness (QED) is 0.607. The third-order valence-electron chi connectivity index (χ3n) is 4.09. The molecule has 0 aliphatic carbocycles. The number of hydrogen-bond donors (Lipinski definition) is 1. The van der Waals surface area contributed by atoms with Gasteiger partial charge in [0, 0.05) is 25.4 Å². The number of benzene rings is 1. The second-order valence-electron chi connectivity index (χ2n) is 6.09. The van der Waals surface area contributed by atoms with Crippen molar-refractivity contribution in [2.45, 2.75) is 20.8 Å². The van der Waals surface area contributed by atoms with Gasteiger partial charge in [-0.15, -0.1) is 0 Å². The van der Waals surface area contributed by atoms with Crippen LogP contribution in [0.5, 0.6) is 0 Å². The van der Waals surface area contributed by atoms with Gasteiger partial charge in [0.15, 0.2) is 17.1 Å². The molecule has 0 aliphatic rings. The molecule has 0 saturated heterocycles. The van der Waals surface area contributed by atoms with Crippen molar-refractivity contribution in [1.82, 2.24) is 19.7 Å². The highest BCUT2D eigenvalue weighted by atomic mass is 16.3. The van der Waals surface area contributed by atoms with Crippen molar-refractivity contribution < 1.29 is 9.21 Å². The minimum Gasteiger partial charge on any atom is -0.441 e. The van der Waals surface area contributed by atoms with Crippen molar-refractivity contribution in [2.24, 2.45) is 7.05 Å². The minimum absolute atomic E-state index is 0.203. The molecule has 0 atom stereocenters. The van der Waals surface area contributed by atoms with Crippen molar-refractivity contribution >= 4 is 33.7 Å². The summed E-state index contributed by atoms with van der Waals surface area (Å²) >= 11 is 0. The molecule has 3 aromatic heterocycles. The van der Waals surface area contributed by atoms with Crippen LogP contribution in [0.15, 0.2) is 28.7 Å². The molecule has 0 spiro atoms. The second kappa shape index (κ2) is 5.41. The molecule has 0 fully saturated rings. The van der Waals surface area contributed by atoms with Gasteiger partial charge in [-0.05, 0) is 38.1 Å². The smallest absolute Gasteiger partial charge is 0.256 e. The Bertz CT molecular complexity index is 1140. The fourth-order valence-corrected chi connectivity index (χ4v) is 3.07. The zero-order valence-electron chi connectivity index (χ0n) is 14.4. The third kappa shape index (κ3) is 2.53. The maximum Gasteiger partial charge on any atom is 0.256 e. The summed E-state index contributed by atoms with van der Waals surface area (Å²) in [7, 11) is 1.82. The third-order valence-corrected chi connectivity index (χ3v) is 4.09. The van der Waals surface area contributed by atoms with Crippen LogP contribution in [-0.2, 0) is 7.05 Å². The molecular formula is C18H17N5O2. The summed E-state index contributed by atoms with van der Waals surface area (Å²) in [5, 5.41) is 8.07. The van der Waals surface area contributed by atoms with Crippen molar-refractivity contribution in [3.05, 3.63) is 47.1 Å². The molecule has 7 nitrogen and oxygen atoms in total. The van der Waals surface area contributed by atoms with Gasteiger partial charge in [0.1, 0.15) is 5.52 Å². The number of rotatable bonds is 2. The lowest BCUT2D eigenvalue weighted by Crippen LogP contribution is -2.13. The van der Waals surface area contributed by atoms with Gasteiger partial charge < -0.3 is 9.73 Å². The van der Waals surface area contributed by atoms with Crippen LogP contribution in [0.1, 0.15) is 27.6 Å². The van der Waals surface area contributed by atoms with Crippen LogP contribution in [0.25, 0.3) is 22.1 Å². The van der Waals surface area contributed by atoms with E-state index in [1.165, 1.54) is 0 Å². The number of pyridine rings is 1. The lowest BCUT2D eigenvalue weighted by Gasteiger charge is -2.08. The first-order valence-corrected chi connectivity index (χ1v) is 7.92. The van der Waals surface area contributed by atoms with E-state index in [-0.39, 0.29) is 5.91 Å². The van der Waals surface area contributed by atoms with Gasteiger partial charge in [-0.2, -0.15) is 5.10 Å². The summed E-state index contributed by atoms with van der Waals surface area (Å²) in [6, 6.07) is 7.18. The molecule has 0 radical (unpaired) electrons. The van der Waals surface area contributed by atoms with Crippen molar-refractivity contribution in [1.29, 1.82) is 0 Å². The van der Waals surface area contributed by atoms with Crippen LogP contribution >= 0.6 is 0 Å². The number of nitrogens with zero attached hydrogens (tertiary/aromatic N) is 4. The van der Waals surface area contributed by atoms with Crippen LogP contribution < -0.4 is 5.32 Å². The predicted molar refractivity (Wildman–Crippen MR) is 94.7 cm³/mol. The molecule has 0 aliphatic heterocycles. The zero-order chi connectivity index (χ0) is 17.7. The fourth-order valence-electron chi connectivity index (χ4n) is 3.07. The molecule has 3 heterocycles. The number of fused-ring (bicyclic) bond motifs is 2. The van der Waals surface area contributed by atoms with Gasteiger partial charge in [-0.1, -0.05) is 0 Å². The van der Waals surface area contributed by atoms with Gasteiger partial charge in [0.25, 0.3) is 5.91 Å². The number of carbonyl (C=O) groups is 1. The number of anilines is 1. The lowest BCUT2D eigenvalue weighted by molar-refractivity contribution is 0.102. The Morgan fingerprint density at radius 2 is 1.96 bits per heavy atom. The maximum atomic E-state index is 12.9. The van der Waals surface area contributed by atoms with Crippen LogP contribution in [0.2, 0.25) is 0 Å². The average molecular weight is 335 g/mol. The molecule has 1 N–H and O–H groups in total. The van der Waals surface area contributed by atoms with E-state index in [9.17, 15) is 4.79 Å². The van der Waals surface area contributed by atoms with Gasteiger partial charge in [0.2, 0.25) is 0 Å². The van der Waals surface area contributed by atoms with E-state index in [1.807, 2.05) is 20.9 Å². The Morgan fingerprint density at radius 1 is 1.16 bits per heavy atom. The molecule has 1 aromatic carbocycles. The maximum absolute atomic E-state index is 12.9. The highest BCUT2D eigenvalue weighted by molar-refractivity contribution is 6.13. The first kappa shape index (κ1) is 15.3. The predicted octanol–water partition coefficient (Wildman–Crippen LogP) is 3.29. The van der Waals surface area contributed by atoms with E-state index in [2.05, 4.69) is 20.4 Å². The molecule has 25 heavy (non-hydrogen) atoms. The molecule has 0 unspecified atom stereocenters. The van der Waals surface area contributed by atoms with E-state index < -0.39 is 0 Å². The molecule has 0 bridgehead atoms. The van der Waals surface area contributed by atoms with E-state index in [0.717, 1.165) is 16.8 Å². The van der Waals surface area contributed by atoms with Crippen molar-refractivity contribution in [3.8, 4) is 0 Å². The molecule has 1 amide bonds. The number of oxazole rings is 1. The van der Waals surface area contributed by atoms with E-state index >= 15 is 0 Å². The van der Waals surface area contributed by atoms with Crippen LogP contribution in [0.3, 0.4) is 0 Å². The number of carbonyl (C=O) groups excluding carboxylic acids is 1. The number of aryl methyl sites for hydroxylation is 4. The topological polar surface area (TPSA) is 85.8 Å². The summed E-state index contributed by atoms with van der Waals surface area (Å²) < 4.78 is 7.15. The standard InChI is InChI=1S/C18H17N5O2/c1-9-7-13(16-10(2)22-23(4)17(16)19-9)18(24)21-12-5-6-15-14(8-12)20-11(3)25-15/h5-8H,1-4H3,(H,21,24). The molecular weight excluding hydrogens is 318 g/mol. The molecule has 4 rings (SSSR count). The first-order valence-electron chi connectivity index (χ1n) is 7.92. The number of aromatic nitrogens is 4. The molecule has 126 valence electrons. The monoisotopic (exact) mass is 335 g/mol. The van der Waals surface area contributed by atoms with E-state index in [4.69, 9.17) is 4.42 Å². The van der Waals surface area contributed by atoms with Crippen LogP contribution in [0, 0.1) is 20.8 Å². The summed E-state index contributed by atoms with van der Waals surface area (Å²) in [5.74, 6) is 0.391. The second-order valence-corrected chi connectivity index (χ2v) is 6.09. The minimum atomic E-state index is -0.203. The Hall–Kier alpha value is -3.22. The molecule has 4 aromatic rings.